The molecule has 0 fully saturated rings. The van der Waals surface area contributed by atoms with Crippen LogP contribution in [0.15, 0.2) is 48.5 Å². The third kappa shape index (κ3) is 4.67. The summed E-state index contributed by atoms with van der Waals surface area (Å²) in [6.07, 6.45) is 4.52. The molecule has 0 amide bonds. The van der Waals surface area contributed by atoms with Crippen molar-refractivity contribution in [1.29, 1.82) is 0 Å². The minimum absolute atomic E-state index is 0.0345. The van der Waals surface area contributed by atoms with Gasteiger partial charge in [0.05, 0.1) is 16.8 Å². The number of aromatic carboxylic acids is 1. The number of fused-ring (bicyclic) bond motifs is 2. The van der Waals surface area contributed by atoms with Gasteiger partial charge in [-0.3, -0.25) is 0 Å². The number of benzene rings is 2. The van der Waals surface area contributed by atoms with E-state index in [4.69, 9.17) is 14.8 Å². The van der Waals surface area contributed by atoms with Crippen LogP contribution < -0.4 is 4.74 Å². The summed E-state index contributed by atoms with van der Waals surface area (Å²) in [5, 5.41) is 19.7. The van der Waals surface area contributed by atoms with Crippen molar-refractivity contribution in [2.75, 3.05) is 6.61 Å². The highest BCUT2D eigenvalue weighted by molar-refractivity contribution is 6.06. The van der Waals surface area contributed by atoms with Crippen LogP contribution in [-0.2, 0) is 11.2 Å². The Morgan fingerprint density at radius 3 is 2.44 bits per heavy atom. The maximum Gasteiger partial charge on any atom is 0.341 e. The molecule has 0 saturated carbocycles. The summed E-state index contributed by atoms with van der Waals surface area (Å²) in [7, 11) is 0. The maximum atomic E-state index is 12.4. The maximum absolute atomic E-state index is 12.4. The lowest BCUT2D eigenvalue weighted by Gasteiger charge is -2.38. The number of carbonyl (C=O) groups is 2. The monoisotopic (exact) mass is 459 g/mol. The molecule has 6 heteroatoms. The van der Waals surface area contributed by atoms with Crippen molar-refractivity contribution in [1.82, 2.24) is 4.98 Å². The van der Waals surface area contributed by atoms with E-state index < -0.39 is 18.5 Å². The van der Waals surface area contributed by atoms with E-state index in [2.05, 4.69) is 26.8 Å². The standard InChI is InChI=1S/C28H29NO5/c1-4-28(2,3)19-14-18(13-17-9-11-20(12-10-17)34-16-24(30)31)26-22(15-19)25(27(32)33)21-7-5-6-8-23(21)29-26/h5-13,19H,4,14-16H2,1-3H3,(H,30,31)(H,32,33). The summed E-state index contributed by atoms with van der Waals surface area (Å²) >= 11 is 0. The smallest absolute Gasteiger partial charge is 0.341 e. The Morgan fingerprint density at radius 2 is 1.79 bits per heavy atom. The Balaban J connectivity index is 1.84. The predicted octanol–water partition coefficient (Wildman–Crippen LogP) is 5.94. The lowest BCUT2D eigenvalue weighted by molar-refractivity contribution is -0.139. The van der Waals surface area contributed by atoms with Crippen molar-refractivity contribution in [2.45, 2.75) is 40.0 Å². The number of para-hydroxylation sites is 1. The zero-order valence-electron chi connectivity index (χ0n) is 19.7. The first-order valence-electron chi connectivity index (χ1n) is 11.5. The van der Waals surface area contributed by atoms with Crippen molar-refractivity contribution >= 4 is 34.5 Å². The van der Waals surface area contributed by atoms with Crippen molar-refractivity contribution < 1.29 is 24.5 Å². The Hall–Kier alpha value is -3.67. The number of rotatable bonds is 7. The molecule has 0 bridgehead atoms. The van der Waals surface area contributed by atoms with Crippen LogP contribution >= 0.6 is 0 Å². The topological polar surface area (TPSA) is 96.7 Å². The summed E-state index contributed by atoms with van der Waals surface area (Å²) in [6.45, 7) is 6.26. The minimum Gasteiger partial charge on any atom is -0.482 e. The molecule has 1 aliphatic carbocycles. The zero-order chi connectivity index (χ0) is 24.5. The van der Waals surface area contributed by atoms with Gasteiger partial charge in [0, 0.05) is 5.39 Å². The van der Waals surface area contributed by atoms with Crippen LogP contribution in [0.2, 0.25) is 0 Å². The molecular formula is C28H29NO5. The molecule has 0 radical (unpaired) electrons. The molecule has 1 aliphatic rings. The van der Waals surface area contributed by atoms with E-state index >= 15 is 0 Å². The molecule has 1 unspecified atom stereocenters. The van der Waals surface area contributed by atoms with Gasteiger partial charge in [-0.2, -0.15) is 0 Å². The van der Waals surface area contributed by atoms with Gasteiger partial charge in [-0.05, 0) is 65.1 Å². The summed E-state index contributed by atoms with van der Waals surface area (Å²) in [5.74, 6) is -1.20. The Kier molecular flexibility index (Phi) is 6.42. The van der Waals surface area contributed by atoms with E-state index in [9.17, 15) is 14.7 Å². The average molecular weight is 460 g/mol. The van der Waals surface area contributed by atoms with Gasteiger partial charge in [-0.25, -0.2) is 14.6 Å². The van der Waals surface area contributed by atoms with Crippen molar-refractivity contribution in [2.24, 2.45) is 11.3 Å². The summed E-state index contributed by atoms with van der Waals surface area (Å²) in [5.41, 5.74) is 4.55. The Bertz CT molecular complexity index is 1270. The molecule has 1 atom stereocenters. The summed E-state index contributed by atoms with van der Waals surface area (Å²) in [4.78, 5) is 28.1. The summed E-state index contributed by atoms with van der Waals surface area (Å²) < 4.78 is 5.24. The first kappa shape index (κ1) is 23.5. The Labute approximate surface area is 198 Å². The molecule has 3 aromatic rings. The van der Waals surface area contributed by atoms with Crippen LogP contribution in [0, 0.1) is 11.3 Å². The van der Waals surface area contributed by atoms with E-state index in [1.165, 1.54) is 0 Å². The minimum atomic E-state index is -1.03. The molecule has 2 aromatic carbocycles. The number of allylic oxidation sites excluding steroid dienone is 1. The third-order valence-corrected chi connectivity index (χ3v) is 7.03. The van der Waals surface area contributed by atoms with Gasteiger partial charge in [-0.15, -0.1) is 0 Å². The normalized spacial score (nSPS) is 16.9. The first-order valence-corrected chi connectivity index (χ1v) is 11.5. The van der Waals surface area contributed by atoms with Crippen molar-refractivity contribution in [3.8, 4) is 5.75 Å². The average Bonchev–Trinajstić information content (AvgIpc) is 2.81. The fourth-order valence-electron chi connectivity index (χ4n) is 4.62. The number of aromatic nitrogens is 1. The molecule has 1 aromatic heterocycles. The van der Waals surface area contributed by atoms with Gasteiger partial charge < -0.3 is 14.9 Å². The second-order valence-corrected chi connectivity index (χ2v) is 9.50. The van der Waals surface area contributed by atoms with Crippen LogP contribution in [0.25, 0.3) is 22.6 Å². The molecule has 0 spiro atoms. The largest absolute Gasteiger partial charge is 0.482 e. The molecular weight excluding hydrogens is 430 g/mol. The lowest BCUT2D eigenvalue weighted by atomic mass is 9.67. The van der Waals surface area contributed by atoms with Gasteiger partial charge >= 0.3 is 11.9 Å². The molecule has 176 valence electrons. The van der Waals surface area contributed by atoms with E-state index in [1.54, 1.807) is 12.1 Å². The Morgan fingerprint density at radius 1 is 1.09 bits per heavy atom. The van der Waals surface area contributed by atoms with E-state index in [-0.39, 0.29) is 11.3 Å². The number of nitrogens with zero attached hydrogens (tertiary/aromatic N) is 1. The lowest BCUT2D eigenvalue weighted by Crippen LogP contribution is -2.30. The second-order valence-electron chi connectivity index (χ2n) is 9.50. The molecule has 34 heavy (non-hydrogen) atoms. The van der Waals surface area contributed by atoms with Crippen molar-refractivity contribution in [3.05, 3.63) is 70.9 Å². The highest BCUT2D eigenvalue weighted by Gasteiger charge is 2.36. The number of carboxylic acid groups (broad SMARTS) is 2. The van der Waals surface area contributed by atoms with Crippen LogP contribution in [0.4, 0.5) is 0 Å². The number of carboxylic acids is 2. The van der Waals surface area contributed by atoms with E-state index in [0.717, 1.165) is 35.2 Å². The SMILES string of the molecule is CCC(C)(C)C1CC(=Cc2ccc(OCC(=O)O)cc2)c2nc3ccccc3c(C(=O)O)c2C1. The number of hydrogen-bond acceptors (Lipinski definition) is 4. The second kappa shape index (κ2) is 9.29. The van der Waals surface area contributed by atoms with Crippen LogP contribution in [0.1, 0.15) is 60.8 Å². The van der Waals surface area contributed by atoms with Crippen LogP contribution in [-0.4, -0.2) is 33.7 Å². The molecule has 2 N–H and O–H groups in total. The summed E-state index contributed by atoms with van der Waals surface area (Å²) in [6, 6.07) is 14.6. The molecule has 1 heterocycles. The van der Waals surface area contributed by atoms with E-state index in [1.807, 2.05) is 36.4 Å². The molecule has 6 nitrogen and oxygen atoms in total. The van der Waals surface area contributed by atoms with Gasteiger partial charge in [0.15, 0.2) is 6.61 Å². The van der Waals surface area contributed by atoms with E-state index in [0.29, 0.717) is 28.6 Å². The number of pyridine rings is 1. The number of ether oxygens (including phenoxy) is 1. The molecule has 0 saturated heterocycles. The fourth-order valence-corrected chi connectivity index (χ4v) is 4.62. The highest BCUT2D eigenvalue weighted by Crippen LogP contribution is 2.46. The number of hydrogen-bond donors (Lipinski definition) is 2. The zero-order valence-corrected chi connectivity index (χ0v) is 19.7. The predicted molar refractivity (Wildman–Crippen MR) is 132 cm³/mol. The van der Waals surface area contributed by atoms with Gasteiger partial charge in [0.2, 0.25) is 0 Å². The van der Waals surface area contributed by atoms with Crippen LogP contribution in [0.5, 0.6) is 5.75 Å². The third-order valence-electron chi connectivity index (χ3n) is 7.03. The van der Waals surface area contributed by atoms with Gasteiger partial charge in [0.25, 0.3) is 0 Å². The van der Waals surface area contributed by atoms with Gasteiger partial charge in [0.1, 0.15) is 5.75 Å². The first-order chi connectivity index (χ1) is 16.2. The molecule has 0 aliphatic heterocycles. The highest BCUT2D eigenvalue weighted by atomic mass is 16.5. The van der Waals surface area contributed by atoms with Crippen molar-refractivity contribution in [3.63, 3.8) is 0 Å². The number of aliphatic carboxylic acids is 1. The fraction of sp³-hybridized carbons (Fsp3) is 0.321. The van der Waals surface area contributed by atoms with Crippen LogP contribution in [0.3, 0.4) is 0 Å². The molecule has 4 rings (SSSR count). The van der Waals surface area contributed by atoms with Gasteiger partial charge in [-0.1, -0.05) is 57.5 Å². The quantitative estimate of drug-likeness (QED) is 0.454.